The predicted octanol–water partition coefficient (Wildman–Crippen LogP) is 6.32. The van der Waals surface area contributed by atoms with Gasteiger partial charge < -0.3 is 0 Å². The zero-order valence-electron chi connectivity index (χ0n) is 17.3. The van der Waals surface area contributed by atoms with Crippen LogP contribution in [0.2, 0.25) is 0 Å². The lowest BCUT2D eigenvalue weighted by Crippen LogP contribution is -2.09. The second-order valence-electron chi connectivity index (χ2n) is 7.74. The van der Waals surface area contributed by atoms with E-state index >= 15 is 0 Å². The van der Waals surface area contributed by atoms with Crippen LogP contribution in [-0.4, -0.2) is 11.6 Å². The summed E-state index contributed by atoms with van der Waals surface area (Å²) in [4.78, 5) is 25.2. The van der Waals surface area contributed by atoms with Crippen LogP contribution in [0.15, 0.2) is 109 Å². The maximum absolute atomic E-state index is 12.6. The number of benzene rings is 4. The number of Topliss-reactive ketones (excluding diaryl/α,β-unsaturated/α-hetero) is 2. The van der Waals surface area contributed by atoms with E-state index in [1.807, 2.05) is 84.9 Å². The quantitative estimate of drug-likeness (QED) is 0.254. The van der Waals surface area contributed by atoms with Crippen molar-refractivity contribution in [3.63, 3.8) is 0 Å². The molecule has 0 heterocycles. The Balaban J connectivity index is 1.35. The summed E-state index contributed by atoms with van der Waals surface area (Å²) in [5.41, 5.74) is 5.89. The highest BCUT2D eigenvalue weighted by atomic mass is 16.1. The molecule has 0 saturated carbocycles. The molecule has 0 aliphatic carbocycles. The molecule has 0 amide bonds. The molecule has 0 spiro atoms. The number of hydrogen-bond acceptors (Lipinski definition) is 2. The molecule has 0 atom stereocenters. The van der Waals surface area contributed by atoms with Gasteiger partial charge in [0.25, 0.3) is 0 Å². The van der Waals surface area contributed by atoms with Gasteiger partial charge in [0, 0.05) is 11.1 Å². The van der Waals surface area contributed by atoms with Crippen molar-refractivity contribution in [2.45, 2.75) is 19.3 Å². The van der Waals surface area contributed by atoms with Crippen LogP contribution in [0.5, 0.6) is 0 Å². The lowest BCUT2D eigenvalue weighted by atomic mass is 9.97. The van der Waals surface area contributed by atoms with E-state index in [-0.39, 0.29) is 18.0 Å². The van der Waals surface area contributed by atoms with Crippen molar-refractivity contribution in [3.05, 3.63) is 143 Å². The minimum atomic E-state index is -0.148. The van der Waals surface area contributed by atoms with Crippen molar-refractivity contribution in [1.82, 2.24) is 0 Å². The summed E-state index contributed by atoms with van der Waals surface area (Å²) in [6, 6.07) is 35.5. The first-order valence-corrected chi connectivity index (χ1v) is 10.5. The Morgan fingerprint density at radius 3 is 1.10 bits per heavy atom. The van der Waals surface area contributed by atoms with Crippen molar-refractivity contribution in [2.24, 2.45) is 0 Å². The second kappa shape index (κ2) is 9.82. The SMILES string of the molecule is O=C(CC(=O)c1ccc(Cc2ccccc2)cc1)c1ccc(Cc2ccccc2)cc1. The standard InChI is InChI=1S/C29H24O2/c30-28(26-15-11-24(12-16-26)19-22-7-3-1-4-8-22)21-29(31)27-17-13-25(14-18-27)20-23-9-5-2-6-10-23/h1-18H,19-21H2. The largest absolute Gasteiger partial charge is 0.294 e. The summed E-state index contributed by atoms with van der Waals surface area (Å²) >= 11 is 0. The molecule has 0 saturated heterocycles. The van der Waals surface area contributed by atoms with Gasteiger partial charge in [0.2, 0.25) is 0 Å². The van der Waals surface area contributed by atoms with Gasteiger partial charge in [-0.15, -0.1) is 0 Å². The first-order valence-electron chi connectivity index (χ1n) is 10.5. The van der Waals surface area contributed by atoms with Crippen LogP contribution < -0.4 is 0 Å². The Hall–Kier alpha value is -3.78. The lowest BCUT2D eigenvalue weighted by Gasteiger charge is -2.06. The fraction of sp³-hybridized carbons (Fsp3) is 0.103. The first-order chi connectivity index (χ1) is 15.2. The average molecular weight is 405 g/mol. The van der Waals surface area contributed by atoms with Crippen LogP contribution in [0, 0.1) is 0 Å². The Kier molecular flexibility index (Phi) is 6.49. The lowest BCUT2D eigenvalue weighted by molar-refractivity contribution is 0.0894. The number of carbonyl (C=O) groups is 2. The summed E-state index contributed by atoms with van der Waals surface area (Å²) in [6.45, 7) is 0. The fourth-order valence-electron chi connectivity index (χ4n) is 3.63. The van der Waals surface area contributed by atoms with E-state index < -0.39 is 0 Å². The highest BCUT2D eigenvalue weighted by Gasteiger charge is 2.14. The van der Waals surface area contributed by atoms with Gasteiger partial charge in [-0.25, -0.2) is 0 Å². The Morgan fingerprint density at radius 1 is 0.419 bits per heavy atom. The molecule has 4 aromatic carbocycles. The molecular weight excluding hydrogens is 380 g/mol. The number of hydrogen-bond donors (Lipinski definition) is 0. The zero-order chi connectivity index (χ0) is 21.5. The van der Waals surface area contributed by atoms with E-state index in [2.05, 4.69) is 24.3 Å². The topological polar surface area (TPSA) is 34.1 Å². The van der Waals surface area contributed by atoms with E-state index in [1.54, 1.807) is 0 Å². The van der Waals surface area contributed by atoms with Gasteiger partial charge in [-0.2, -0.15) is 0 Å². The summed E-state index contributed by atoms with van der Waals surface area (Å²) in [5, 5.41) is 0. The summed E-state index contributed by atoms with van der Waals surface area (Å²) in [7, 11) is 0. The molecule has 0 unspecified atom stereocenters. The summed E-state index contributed by atoms with van der Waals surface area (Å²) in [5.74, 6) is -0.297. The van der Waals surface area contributed by atoms with Crippen LogP contribution in [-0.2, 0) is 12.8 Å². The molecule has 152 valence electrons. The van der Waals surface area contributed by atoms with Crippen LogP contribution >= 0.6 is 0 Å². The maximum atomic E-state index is 12.6. The van der Waals surface area contributed by atoms with Gasteiger partial charge in [0.15, 0.2) is 11.6 Å². The summed E-state index contributed by atoms with van der Waals surface area (Å²) < 4.78 is 0. The van der Waals surface area contributed by atoms with Gasteiger partial charge in [-0.1, -0.05) is 109 Å². The molecule has 31 heavy (non-hydrogen) atoms. The molecule has 2 heteroatoms. The Labute approximate surface area is 183 Å². The monoisotopic (exact) mass is 404 g/mol. The first kappa shape index (κ1) is 20.5. The van der Waals surface area contributed by atoms with Crippen molar-refractivity contribution < 1.29 is 9.59 Å². The van der Waals surface area contributed by atoms with E-state index in [1.165, 1.54) is 11.1 Å². The van der Waals surface area contributed by atoms with Crippen LogP contribution in [0.25, 0.3) is 0 Å². The average Bonchev–Trinajstić information content (AvgIpc) is 2.81. The van der Waals surface area contributed by atoms with E-state index in [0.29, 0.717) is 11.1 Å². The molecule has 0 fully saturated rings. The number of ketones is 2. The second-order valence-corrected chi connectivity index (χ2v) is 7.74. The van der Waals surface area contributed by atoms with Gasteiger partial charge in [0.05, 0.1) is 6.42 Å². The molecule has 0 N–H and O–H groups in total. The minimum Gasteiger partial charge on any atom is -0.294 e. The Morgan fingerprint density at radius 2 is 0.742 bits per heavy atom. The molecule has 0 aromatic heterocycles. The van der Waals surface area contributed by atoms with Crippen LogP contribution in [0.3, 0.4) is 0 Å². The van der Waals surface area contributed by atoms with E-state index in [4.69, 9.17) is 0 Å². The normalized spacial score (nSPS) is 10.6. The zero-order valence-corrected chi connectivity index (χ0v) is 17.3. The van der Waals surface area contributed by atoms with E-state index in [9.17, 15) is 9.59 Å². The molecular formula is C29H24O2. The summed E-state index contributed by atoms with van der Waals surface area (Å²) in [6.07, 6.45) is 1.53. The van der Waals surface area contributed by atoms with Crippen LogP contribution in [0.1, 0.15) is 49.4 Å². The smallest absolute Gasteiger partial charge is 0.170 e. The van der Waals surface area contributed by atoms with E-state index in [0.717, 1.165) is 24.0 Å². The van der Waals surface area contributed by atoms with Crippen LogP contribution in [0.4, 0.5) is 0 Å². The highest BCUT2D eigenvalue weighted by Crippen LogP contribution is 2.15. The third-order valence-corrected chi connectivity index (χ3v) is 5.38. The van der Waals surface area contributed by atoms with Gasteiger partial charge in [0.1, 0.15) is 0 Å². The molecule has 0 bridgehead atoms. The van der Waals surface area contributed by atoms with Gasteiger partial charge >= 0.3 is 0 Å². The third-order valence-electron chi connectivity index (χ3n) is 5.38. The molecule has 0 radical (unpaired) electrons. The predicted molar refractivity (Wildman–Crippen MR) is 125 cm³/mol. The van der Waals surface area contributed by atoms with Gasteiger partial charge in [-0.05, 0) is 35.1 Å². The maximum Gasteiger partial charge on any atom is 0.170 e. The molecule has 4 aromatic rings. The fourth-order valence-corrected chi connectivity index (χ4v) is 3.63. The minimum absolute atomic E-state index is 0.115. The Bertz CT molecular complexity index is 1050. The third kappa shape index (κ3) is 5.64. The molecule has 0 aliphatic rings. The van der Waals surface area contributed by atoms with Crippen molar-refractivity contribution in [3.8, 4) is 0 Å². The molecule has 4 rings (SSSR count). The molecule has 0 aliphatic heterocycles. The number of carbonyl (C=O) groups excluding carboxylic acids is 2. The van der Waals surface area contributed by atoms with Crippen molar-refractivity contribution in [2.75, 3.05) is 0 Å². The number of rotatable bonds is 8. The van der Waals surface area contributed by atoms with Gasteiger partial charge in [-0.3, -0.25) is 9.59 Å². The highest BCUT2D eigenvalue weighted by molar-refractivity contribution is 6.13. The van der Waals surface area contributed by atoms with Crippen molar-refractivity contribution in [1.29, 1.82) is 0 Å². The van der Waals surface area contributed by atoms with Crippen molar-refractivity contribution >= 4 is 11.6 Å². The molecule has 2 nitrogen and oxygen atoms in total.